The normalized spacial score (nSPS) is 10.7. The number of pyridine rings is 1. The maximum Gasteiger partial charge on any atom is 0.226 e. The zero-order chi connectivity index (χ0) is 19.2. The Hall–Kier alpha value is -3.25. The standard InChI is InChI=1S/C22H19N3O2S/c26-21(14-18-15-28-22(25-18)20-7-3-4-10-23-20)24-11-12-27-19-9-8-16-5-1-2-6-17(16)13-19/h1-10,13,15H,11-12,14H2,(H,24,26). The summed E-state index contributed by atoms with van der Waals surface area (Å²) in [6, 6.07) is 19.8. The van der Waals surface area contributed by atoms with Crippen LogP contribution in [0.4, 0.5) is 0 Å². The maximum absolute atomic E-state index is 12.1. The van der Waals surface area contributed by atoms with Gasteiger partial charge in [-0.3, -0.25) is 9.78 Å². The first kappa shape index (κ1) is 18.1. The number of fused-ring (bicyclic) bond motifs is 1. The van der Waals surface area contributed by atoms with Crippen LogP contribution in [-0.4, -0.2) is 29.0 Å². The molecule has 5 nitrogen and oxygen atoms in total. The Balaban J connectivity index is 1.24. The summed E-state index contributed by atoms with van der Waals surface area (Å²) in [7, 11) is 0. The van der Waals surface area contributed by atoms with Crippen molar-refractivity contribution in [1.82, 2.24) is 15.3 Å². The molecule has 0 spiro atoms. The quantitative estimate of drug-likeness (QED) is 0.484. The molecule has 4 aromatic rings. The summed E-state index contributed by atoms with van der Waals surface area (Å²) in [5.41, 5.74) is 1.57. The first-order chi connectivity index (χ1) is 13.8. The lowest BCUT2D eigenvalue weighted by Crippen LogP contribution is -2.29. The first-order valence-electron chi connectivity index (χ1n) is 9.02. The molecular weight excluding hydrogens is 370 g/mol. The Kier molecular flexibility index (Phi) is 5.58. The van der Waals surface area contributed by atoms with E-state index in [2.05, 4.69) is 27.4 Å². The molecular formula is C22H19N3O2S. The number of aromatic nitrogens is 2. The fraction of sp³-hybridized carbons (Fsp3) is 0.136. The number of nitrogens with one attached hydrogen (secondary N) is 1. The summed E-state index contributed by atoms with van der Waals surface area (Å²) in [6.07, 6.45) is 1.98. The van der Waals surface area contributed by atoms with Crippen LogP contribution >= 0.6 is 11.3 Å². The minimum absolute atomic E-state index is 0.0695. The molecule has 0 aliphatic rings. The van der Waals surface area contributed by atoms with Gasteiger partial charge in [0.2, 0.25) is 5.91 Å². The summed E-state index contributed by atoms with van der Waals surface area (Å²) < 4.78 is 5.74. The summed E-state index contributed by atoms with van der Waals surface area (Å²) in [5.74, 6) is 0.729. The van der Waals surface area contributed by atoms with Crippen molar-refractivity contribution >= 4 is 28.0 Å². The van der Waals surface area contributed by atoms with Crippen LogP contribution in [0.25, 0.3) is 21.5 Å². The summed E-state index contributed by atoms with van der Waals surface area (Å²) >= 11 is 1.49. The second-order valence-corrected chi connectivity index (χ2v) is 7.10. The van der Waals surface area contributed by atoms with Gasteiger partial charge >= 0.3 is 0 Å². The molecule has 0 fully saturated rings. The molecule has 0 aliphatic carbocycles. The second kappa shape index (κ2) is 8.63. The van der Waals surface area contributed by atoms with Gasteiger partial charge in [0.15, 0.2) is 0 Å². The lowest BCUT2D eigenvalue weighted by Gasteiger charge is -2.08. The summed E-state index contributed by atoms with van der Waals surface area (Å²) in [4.78, 5) is 20.9. The smallest absolute Gasteiger partial charge is 0.226 e. The zero-order valence-corrected chi connectivity index (χ0v) is 16.0. The molecule has 0 saturated carbocycles. The molecule has 0 unspecified atom stereocenters. The molecule has 2 heterocycles. The molecule has 6 heteroatoms. The van der Waals surface area contributed by atoms with E-state index in [0.29, 0.717) is 13.2 Å². The van der Waals surface area contributed by atoms with E-state index in [1.807, 2.05) is 53.9 Å². The van der Waals surface area contributed by atoms with Crippen molar-refractivity contribution in [3.05, 3.63) is 77.9 Å². The lowest BCUT2D eigenvalue weighted by atomic mass is 10.1. The molecule has 0 radical (unpaired) electrons. The Labute approximate surface area is 167 Å². The number of nitrogens with zero attached hydrogens (tertiary/aromatic N) is 2. The molecule has 0 atom stereocenters. The summed E-state index contributed by atoms with van der Waals surface area (Å²) in [6.45, 7) is 0.864. The number of hydrogen-bond donors (Lipinski definition) is 1. The highest BCUT2D eigenvalue weighted by Crippen LogP contribution is 2.22. The van der Waals surface area contributed by atoms with Crippen molar-refractivity contribution in [1.29, 1.82) is 0 Å². The van der Waals surface area contributed by atoms with Crippen molar-refractivity contribution in [2.75, 3.05) is 13.2 Å². The third-order valence-electron chi connectivity index (χ3n) is 4.19. The Bertz CT molecular complexity index is 1080. The van der Waals surface area contributed by atoms with Crippen LogP contribution in [0.15, 0.2) is 72.2 Å². The molecule has 0 bridgehead atoms. The van der Waals surface area contributed by atoms with Crippen LogP contribution in [0.2, 0.25) is 0 Å². The van der Waals surface area contributed by atoms with E-state index in [-0.39, 0.29) is 12.3 Å². The number of amides is 1. The zero-order valence-electron chi connectivity index (χ0n) is 15.2. The molecule has 1 amide bonds. The van der Waals surface area contributed by atoms with E-state index in [9.17, 15) is 4.79 Å². The van der Waals surface area contributed by atoms with Crippen LogP contribution in [0.5, 0.6) is 5.75 Å². The molecule has 2 aromatic heterocycles. The predicted molar refractivity (Wildman–Crippen MR) is 112 cm³/mol. The summed E-state index contributed by atoms with van der Waals surface area (Å²) in [5, 5.41) is 7.91. The van der Waals surface area contributed by atoms with Gasteiger partial charge in [0.25, 0.3) is 0 Å². The minimum atomic E-state index is -0.0695. The minimum Gasteiger partial charge on any atom is -0.492 e. The maximum atomic E-state index is 12.1. The monoisotopic (exact) mass is 389 g/mol. The topological polar surface area (TPSA) is 64.1 Å². The molecule has 1 N–H and O–H groups in total. The van der Waals surface area contributed by atoms with Gasteiger partial charge in [-0.05, 0) is 35.0 Å². The number of rotatable bonds is 7. The van der Waals surface area contributed by atoms with Gasteiger partial charge < -0.3 is 10.1 Å². The van der Waals surface area contributed by atoms with Crippen molar-refractivity contribution in [2.24, 2.45) is 0 Å². The Morgan fingerprint density at radius 2 is 1.89 bits per heavy atom. The molecule has 2 aromatic carbocycles. The van der Waals surface area contributed by atoms with E-state index < -0.39 is 0 Å². The van der Waals surface area contributed by atoms with E-state index in [1.54, 1.807) is 6.20 Å². The fourth-order valence-electron chi connectivity index (χ4n) is 2.84. The average Bonchev–Trinajstić information content (AvgIpc) is 3.20. The SMILES string of the molecule is O=C(Cc1csc(-c2ccccn2)n1)NCCOc1ccc2ccccc2c1. The highest BCUT2D eigenvalue weighted by Gasteiger charge is 2.09. The molecule has 0 saturated heterocycles. The fourth-order valence-corrected chi connectivity index (χ4v) is 3.63. The molecule has 140 valence electrons. The van der Waals surface area contributed by atoms with E-state index in [4.69, 9.17) is 4.74 Å². The number of thiazole rings is 1. The Morgan fingerprint density at radius 1 is 1.04 bits per heavy atom. The van der Waals surface area contributed by atoms with Crippen LogP contribution < -0.4 is 10.1 Å². The van der Waals surface area contributed by atoms with Crippen molar-refractivity contribution in [3.63, 3.8) is 0 Å². The third kappa shape index (κ3) is 4.53. The van der Waals surface area contributed by atoms with E-state index >= 15 is 0 Å². The van der Waals surface area contributed by atoms with Gasteiger partial charge in [0, 0.05) is 11.6 Å². The largest absolute Gasteiger partial charge is 0.492 e. The highest BCUT2D eigenvalue weighted by atomic mass is 32.1. The predicted octanol–water partition coefficient (Wildman–Crippen LogP) is 4.10. The van der Waals surface area contributed by atoms with Gasteiger partial charge in [-0.15, -0.1) is 11.3 Å². The Morgan fingerprint density at radius 3 is 2.75 bits per heavy atom. The van der Waals surface area contributed by atoms with Gasteiger partial charge in [0.05, 0.1) is 24.4 Å². The van der Waals surface area contributed by atoms with Crippen LogP contribution in [0.3, 0.4) is 0 Å². The van der Waals surface area contributed by atoms with E-state index in [0.717, 1.165) is 27.5 Å². The third-order valence-corrected chi connectivity index (χ3v) is 5.10. The first-order valence-corrected chi connectivity index (χ1v) is 9.90. The number of carbonyl (C=O) groups excluding carboxylic acids is 1. The molecule has 28 heavy (non-hydrogen) atoms. The second-order valence-electron chi connectivity index (χ2n) is 6.24. The highest BCUT2D eigenvalue weighted by molar-refractivity contribution is 7.13. The van der Waals surface area contributed by atoms with Crippen molar-refractivity contribution < 1.29 is 9.53 Å². The van der Waals surface area contributed by atoms with Crippen LogP contribution in [0, 0.1) is 0 Å². The van der Waals surface area contributed by atoms with Crippen LogP contribution in [0.1, 0.15) is 5.69 Å². The number of benzene rings is 2. The molecule has 4 rings (SSSR count). The molecule has 0 aliphatic heterocycles. The number of carbonyl (C=O) groups is 1. The van der Waals surface area contributed by atoms with Crippen molar-refractivity contribution in [3.8, 4) is 16.5 Å². The van der Waals surface area contributed by atoms with Gasteiger partial charge in [0.1, 0.15) is 17.4 Å². The number of ether oxygens (including phenoxy) is 1. The van der Waals surface area contributed by atoms with Crippen LogP contribution in [-0.2, 0) is 11.2 Å². The van der Waals surface area contributed by atoms with Gasteiger partial charge in [-0.25, -0.2) is 4.98 Å². The van der Waals surface area contributed by atoms with E-state index in [1.165, 1.54) is 16.7 Å². The average molecular weight is 389 g/mol. The van der Waals surface area contributed by atoms with Gasteiger partial charge in [-0.2, -0.15) is 0 Å². The van der Waals surface area contributed by atoms with Gasteiger partial charge in [-0.1, -0.05) is 36.4 Å². The lowest BCUT2D eigenvalue weighted by molar-refractivity contribution is -0.120. The van der Waals surface area contributed by atoms with Crippen molar-refractivity contribution in [2.45, 2.75) is 6.42 Å². The number of hydrogen-bond acceptors (Lipinski definition) is 5.